The van der Waals surface area contributed by atoms with Crippen molar-refractivity contribution in [2.45, 2.75) is 6.54 Å². The molecule has 0 atom stereocenters. The highest BCUT2D eigenvalue weighted by molar-refractivity contribution is 9.10. The highest BCUT2D eigenvalue weighted by Gasteiger charge is 2.10. The minimum atomic E-state index is -1.08. The first-order chi connectivity index (χ1) is 13.0. The topological polar surface area (TPSA) is 125 Å². The van der Waals surface area contributed by atoms with Crippen molar-refractivity contribution >= 4 is 21.9 Å². The van der Waals surface area contributed by atoms with Crippen molar-refractivity contribution in [1.82, 2.24) is 30.4 Å². The fraction of sp³-hybridized carbons (Fsp3) is 0.200. The number of aliphatic carboxylic acids is 1. The average Bonchev–Trinajstić information content (AvgIpc) is 3.09. The number of tetrazole rings is 1. The molecule has 3 rings (SSSR count). The Morgan fingerprint density at radius 3 is 2.70 bits per heavy atom. The summed E-state index contributed by atoms with van der Waals surface area (Å²) >= 11 is 3.27. The molecule has 1 aromatic carbocycles. The van der Waals surface area contributed by atoms with Crippen LogP contribution < -0.4 is 9.47 Å². The van der Waals surface area contributed by atoms with Crippen LogP contribution in [-0.2, 0) is 11.3 Å². The number of rotatable bonds is 8. The van der Waals surface area contributed by atoms with Gasteiger partial charge in [0.2, 0.25) is 11.7 Å². The largest absolute Gasteiger partial charge is 0.489 e. The van der Waals surface area contributed by atoms with Crippen molar-refractivity contribution in [2.24, 2.45) is 0 Å². The van der Waals surface area contributed by atoms with E-state index in [0.29, 0.717) is 15.9 Å². The van der Waals surface area contributed by atoms with Crippen molar-refractivity contribution in [3.8, 4) is 23.1 Å². The molecule has 140 valence electrons. The molecule has 0 saturated heterocycles. The van der Waals surface area contributed by atoms with Crippen LogP contribution in [0.5, 0.6) is 11.6 Å². The van der Waals surface area contributed by atoms with Crippen LogP contribution in [0.4, 0.5) is 4.39 Å². The molecule has 0 unspecified atom stereocenters. The van der Waals surface area contributed by atoms with E-state index in [1.165, 1.54) is 12.1 Å². The minimum absolute atomic E-state index is 0.148. The predicted octanol–water partition coefficient (Wildman–Crippen LogP) is 1.57. The second-order valence-electron chi connectivity index (χ2n) is 5.07. The first-order valence-electron chi connectivity index (χ1n) is 7.55. The fourth-order valence-corrected chi connectivity index (χ4v) is 2.30. The summed E-state index contributed by atoms with van der Waals surface area (Å²) in [6, 6.07) is 7.26. The lowest BCUT2D eigenvalue weighted by Gasteiger charge is -2.09. The van der Waals surface area contributed by atoms with E-state index in [4.69, 9.17) is 14.6 Å². The van der Waals surface area contributed by atoms with Gasteiger partial charge >= 0.3 is 5.97 Å². The number of ether oxygens (including phenoxy) is 2. The van der Waals surface area contributed by atoms with Gasteiger partial charge in [-0.3, -0.25) is 4.79 Å². The van der Waals surface area contributed by atoms with E-state index in [1.54, 1.807) is 18.2 Å². The van der Waals surface area contributed by atoms with E-state index in [-0.39, 0.29) is 24.9 Å². The molecular weight excluding hydrogens is 427 g/mol. The van der Waals surface area contributed by atoms with Crippen LogP contribution in [0.3, 0.4) is 0 Å². The van der Waals surface area contributed by atoms with Crippen LogP contribution in [0.25, 0.3) is 11.5 Å². The first kappa shape index (κ1) is 18.6. The van der Waals surface area contributed by atoms with Gasteiger partial charge in [0.05, 0.1) is 4.47 Å². The van der Waals surface area contributed by atoms with Gasteiger partial charge in [-0.2, -0.15) is 4.80 Å². The second kappa shape index (κ2) is 8.49. The Morgan fingerprint density at radius 2 is 1.96 bits per heavy atom. The van der Waals surface area contributed by atoms with Crippen molar-refractivity contribution in [3.63, 3.8) is 0 Å². The van der Waals surface area contributed by atoms with E-state index in [0.717, 1.165) is 4.80 Å². The number of carboxylic acids is 1. The zero-order valence-corrected chi connectivity index (χ0v) is 15.2. The molecule has 0 amide bonds. The van der Waals surface area contributed by atoms with Crippen molar-refractivity contribution < 1.29 is 23.8 Å². The molecule has 2 heterocycles. The van der Waals surface area contributed by atoms with Crippen LogP contribution >= 0.6 is 15.9 Å². The Labute approximate surface area is 160 Å². The van der Waals surface area contributed by atoms with Gasteiger partial charge in [-0.15, -0.1) is 20.4 Å². The van der Waals surface area contributed by atoms with E-state index in [1.807, 2.05) is 0 Å². The molecule has 12 heteroatoms. The summed E-state index contributed by atoms with van der Waals surface area (Å²) in [5.41, 5.74) is 0.318. The summed E-state index contributed by atoms with van der Waals surface area (Å²) in [7, 11) is 0. The van der Waals surface area contributed by atoms with E-state index in [2.05, 4.69) is 41.5 Å². The molecule has 2 aromatic heterocycles. The predicted molar refractivity (Wildman–Crippen MR) is 91.6 cm³/mol. The molecule has 0 bridgehead atoms. The molecule has 0 aliphatic rings. The molecule has 0 aliphatic carbocycles. The van der Waals surface area contributed by atoms with E-state index in [9.17, 15) is 9.18 Å². The molecular formula is C15H12BrFN6O4. The molecule has 10 nitrogen and oxygen atoms in total. The summed E-state index contributed by atoms with van der Waals surface area (Å²) < 4.78 is 24.6. The molecule has 27 heavy (non-hydrogen) atoms. The van der Waals surface area contributed by atoms with Gasteiger partial charge < -0.3 is 14.6 Å². The molecule has 1 N–H and O–H groups in total. The zero-order chi connectivity index (χ0) is 19.2. The lowest BCUT2D eigenvalue weighted by atomic mass is 10.3. The van der Waals surface area contributed by atoms with Crippen molar-refractivity contribution in [3.05, 3.63) is 40.6 Å². The van der Waals surface area contributed by atoms with E-state index < -0.39 is 18.3 Å². The van der Waals surface area contributed by atoms with Gasteiger partial charge in [-0.1, -0.05) is 0 Å². The highest BCUT2D eigenvalue weighted by atomic mass is 79.9. The summed E-state index contributed by atoms with van der Waals surface area (Å²) in [6.45, 7) is -0.0520. The number of aromatic nitrogens is 6. The molecule has 0 fully saturated rings. The summed E-state index contributed by atoms with van der Waals surface area (Å²) in [4.78, 5) is 11.5. The third-order valence-corrected chi connectivity index (χ3v) is 3.74. The van der Waals surface area contributed by atoms with Gasteiger partial charge in [-0.05, 0) is 39.3 Å². The Morgan fingerprint density at radius 1 is 1.15 bits per heavy atom. The maximum absolute atomic E-state index is 13.2. The third-order valence-electron chi connectivity index (χ3n) is 3.08. The number of nitrogens with zero attached hydrogens (tertiary/aromatic N) is 6. The number of halogens is 2. The minimum Gasteiger partial charge on any atom is -0.489 e. The zero-order valence-electron chi connectivity index (χ0n) is 13.6. The van der Waals surface area contributed by atoms with Crippen LogP contribution in [0.1, 0.15) is 0 Å². The average molecular weight is 439 g/mol. The molecule has 0 radical (unpaired) electrons. The standard InChI is InChI=1S/C15H12BrFN6O4/c16-10-2-1-9(17)7-12(10)26-5-6-27-13-4-3-11(18-19-13)15-20-22-23(21-15)8-14(24)25/h1-4,7H,5-6,8H2,(H,24,25). The number of carboxylic acid groups (broad SMARTS) is 1. The molecule has 0 saturated carbocycles. The van der Waals surface area contributed by atoms with Crippen molar-refractivity contribution in [2.75, 3.05) is 13.2 Å². The number of benzene rings is 1. The highest BCUT2D eigenvalue weighted by Crippen LogP contribution is 2.25. The molecule has 0 spiro atoms. The molecule has 3 aromatic rings. The number of hydrogen-bond donors (Lipinski definition) is 1. The lowest BCUT2D eigenvalue weighted by molar-refractivity contribution is -0.138. The maximum atomic E-state index is 13.2. The quantitative estimate of drug-likeness (QED) is 0.521. The van der Waals surface area contributed by atoms with Gasteiger partial charge in [0.1, 0.15) is 30.5 Å². The van der Waals surface area contributed by atoms with Crippen molar-refractivity contribution in [1.29, 1.82) is 0 Å². The van der Waals surface area contributed by atoms with Gasteiger partial charge in [0, 0.05) is 12.1 Å². The Bertz CT molecular complexity index is 936. The number of carbonyl (C=O) groups is 1. The van der Waals surface area contributed by atoms with Crippen LogP contribution in [0, 0.1) is 5.82 Å². The van der Waals surface area contributed by atoms with E-state index >= 15 is 0 Å². The lowest BCUT2D eigenvalue weighted by Crippen LogP contribution is -2.11. The monoisotopic (exact) mass is 438 g/mol. The normalized spacial score (nSPS) is 10.6. The Balaban J connectivity index is 1.51. The molecule has 0 aliphatic heterocycles. The summed E-state index contributed by atoms with van der Waals surface area (Å²) in [5.74, 6) is -0.713. The maximum Gasteiger partial charge on any atom is 0.327 e. The van der Waals surface area contributed by atoms with Crippen LogP contribution in [0.2, 0.25) is 0 Å². The van der Waals surface area contributed by atoms with Gasteiger partial charge in [0.25, 0.3) is 0 Å². The fourth-order valence-electron chi connectivity index (χ4n) is 1.94. The van der Waals surface area contributed by atoms with Crippen LogP contribution in [0.15, 0.2) is 34.8 Å². The smallest absolute Gasteiger partial charge is 0.327 e. The van der Waals surface area contributed by atoms with Gasteiger partial charge in [-0.25, -0.2) is 4.39 Å². The SMILES string of the molecule is O=C(O)Cn1nnc(-c2ccc(OCCOc3cc(F)ccc3Br)nn2)n1. The first-order valence-corrected chi connectivity index (χ1v) is 8.35. The van der Waals surface area contributed by atoms with Crippen LogP contribution in [-0.4, -0.2) is 54.7 Å². The third kappa shape index (κ3) is 5.17. The summed E-state index contributed by atoms with van der Waals surface area (Å²) in [6.07, 6.45) is 0. The Hall–Kier alpha value is -3.15. The second-order valence-corrected chi connectivity index (χ2v) is 5.92. The number of hydrogen-bond acceptors (Lipinski definition) is 8. The summed E-state index contributed by atoms with van der Waals surface area (Å²) in [5, 5.41) is 27.7. The van der Waals surface area contributed by atoms with Gasteiger partial charge in [0.15, 0.2) is 6.54 Å². The Kier molecular flexibility index (Phi) is 5.86.